The standard InChI is InChI=1S/C43H54F4N3O8P/c1-5-7-25-56-59(54,57-26-8-6-2)58-28-55-42(53)50(33-14-9-10-15-33)34-22-19-31(20-23-34)39-35(40(51)48-32-21-18-29(3)36(27-32)43(45,46)47)16-12-24-49(39)41(52)38-30(4)13-11-17-37(38)44/h11,13,17-23,27,33,35,39H,5-10,12,14-16,24-26,28H2,1-4H3,(H,48,51)/t35-,39-/m0/s1. The molecular formula is C43H54F4N3O8P. The van der Waals surface area contributed by atoms with E-state index in [-0.39, 0.29) is 49.0 Å². The van der Waals surface area contributed by atoms with E-state index in [4.69, 9.17) is 18.3 Å². The number of carbonyl (C=O) groups excluding carboxylic acids is 3. The number of hydrogen-bond donors (Lipinski definition) is 1. The van der Waals surface area contributed by atoms with Gasteiger partial charge in [-0.25, -0.2) is 18.3 Å². The number of anilines is 2. The number of phosphoric acid groups is 1. The fraction of sp³-hybridized carbons (Fsp3) is 0.512. The highest BCUT2D eigenvalue weighted by Gasteiger charge is 2.41. The van der Waals surface area contributed by atoms with E-state index in [2.05, 4.69) is 5.32 Å². The summed E-state index contributed by atoms with van der Waals surface area (Å²) in [6.45, 7) is 6.64. The van der Waals surface area contributed by atoms with E-state index < -0.39 is 62.0 Å². The second-order valence-electron chi connectivity index (χ2n) is 15.0. The molecule has 1 N–H and O–H groups in total. The normalized spacial score (nSPS) is 17.5. The summed E-state index contributed by atoms with van der Waals surface area (Å²) in [5.41, 5.74) is 0.266. The molecule has 2 atom stereocenters. The minimum absolute atomic E-state index is 0.000865. The van der Waals surface area contributed by atoms with E-state index in [9.17, 15) is 32.1 Å². The topological polar surface area (TPSA) is 124 Å². The van der Waals surface area contributed by atoms with Gasteiger partial charge in [-0.3, -0.25) is 23.5 Å². The van der Waals surface area contributed by atoms with E-state index in [1.165, 1.54) is 41.0 Å². The summed E-state index contributed by atoms with van der Waals surface area (Å²) in [4.78, 5) is 45.0. The van der Waals surface area contributed by atoms with Crippen LogP contribution in [0.4, 0.5) is 33.7 Å². The average molecular weight is 848 g/mol. The quantitative estimate of drug-likeness (QED) is 0.0616. The Balaban J connectivity index is 1.43. The van der Waals surface area contributed by atoms with Crippen LogP contribution < -0.4 is 10.2 Å². The molecule has 3 aromatic rings. The Labute approximate surface area is 343 Å². The van der Waals surface area contributed by atoms with Crippen LogP contribution in [0.1, 0.15) is 117 Å². The number of nitrogens with zero attached hydrogens (tertiary/aromatic N) is 2. The van der Waals surface area contributed by atoms with Crippen LogP contribution in [-0.4, -0.2) is 55.4 Å². The van der Waals surface area contributed by atoms with E-state index in [0.29, 0.717) is 48.9 Å². The Morgan fingerprint density at radius 1 is 0.864 bits per heavy atom. The van der Waals surface area contributed by atoms with Gasteiger partial charge >= 0.3 is 20.1 Å². The number of benzene rings is 3. The summed E-state index contributed by atoms with van der Waals surface area (Å²) in [5, 5.41) is 2.64. The lowest BCUT2D eigenvalue weighted by molar-refractivity contribution is -0.138. The molecule has 3 aromatic carbocycles. The minimum atomic E-state index is -4.64. The highest BCUT2D eigenvalue weighted by atomic mass is 31.2. The molecule has 0 aromatic heterocycles. The number of amides is 3. The smallest absolute Gasteiger partial charge is 0.421 e. The van der Waals surface area contributed by atoms with Gasteiger partial charge in [0.2, 0.25) is 12.7 Å². The number of ether oxygens (including phenoxy) is 1. The Bertz CT molecular complexity index is 1920. The van der Waals surface area contributed by atoms with Crippen molar-refractivity contribution in [3.8, 4) is 0 Å². The first-order valence-corrected chi connectivity index (χ1v) is 21.8. The molecule has 11 nitrogen and oxygen atoms in total. The predicted molar refractivity (Wildman–Crippen MR) is 215 cm³/mol. The number of alkyl halides is 3. The summed E-state index contributed by atoms with van der Waals surface area (Å²) in [6.07, 6.45) is 1.27. The van der Waals surface area contributed by atoms with Gasteiger partial charge < -0.3 is 15.0 Å². The number of aryl methyl sites for hydroxylation is 2. The largest absolute Gasteiger partial charge is 0.477 e. The maximum absolute atomic E-state index is 15.2. The van der Waals surface area contributed by atoms with Gasteiger partial charge in [0.1, 0.15) is 5.82 Å². The van der Waals surface area contributed by atoms with Crippen LogP contribution in [0, 0.1) is 25.6 Å². The highest BCUT2D eigenvalue weighted by molar-refractivity contribution is 7.48. The van der Waals surface area contributed by atoms with Crippen LogP contribution in [0.25, 0.3) is 0 Å². The van der Waals surface area contributed by atoms with Crippen LogP contribution in [0.3, 0.4) is 0 Å². The lowest BCUT2D eigenvalue weighted by Crippen LogP contribution is -2.47. The summed E-state index contributed by atoms with van der Waals surface area (Å²) in [6, 6.07) is 13.4. The first-order valence-electron chi connectivity index (χ1n) is 20.3. The van der Waals surface area contributed by atoms with Crippen LogP contribution >= 0.6 is 7.82 Å². The first kappa shape index (κ1) is 45.8. The number of unbranched alkanes of at least 4 members (excludes halogenated alkanes) is 2. The van der Waals surface area contributed by atoms with Crippen molar-refractivity contribution in [3.63, 3.8) is 0 Å². The minimum Gasteiger partial charge on any atom is -0.421 e. The molecule has 0 bridgehead atoms. The van der Waals surface area contributed by atoms with Gasteiger partial charge in [0.25, 0.3) is 5.91 Å². The monoisotopic (exact) mass is 847 g/mol. The molecule has 1 aliphatic carbocycles. The van der Waals surface area contributed by atoms with Crippen LogP contribution in [-0.2, 0) is 33.8 Å². The maximum atomic E-state index is 15.2. The van der Waals surface area contributed by atoms with E-state index >= 15 is 4.39 Å². The van der Waals surface area contributed by atoms with Crippen LogP contribution in [0.5, 0.6) is 0 Å². The Hall–Kier alpha value is -4.30. The molecule has 1 saturated carbocycles. The molecule has 0 spiro atoms. The lowest BCUT2D eigenvalue weighted by Gasteiger charge is -2.41. The number of piperidine rings is 1. The molecule has 2 aliphatic rings. The van der Waals surface area contributed by atoms with Crippen molar-refractivity contribution in [2.75, 3.05) is 36.8 Å². The number of hydrogen-bond acceptors (Lipinski definition) is 8. The summed E-state index contributed by atoms with van der Waals surface area (Å²) in [5.74, 6) is -2.90. The van der Waals surface area contributed by atoms with Crippen LogP contribution in [0.2, 0.25) is 0 Å². The number of likely N-dealkylation sites (tertiary alicyclic amines) is 1. The number of rotatable bonds is 17. The summed E-state index contributed by atoms with van der Waals surface area (Å²) in [7, 11) is -4.01. The van der Waals surface area contributed by atoms with Gasteiger partial charge in [-0.15, -0.1) is 0 Å². The Morgan fingerprint density at radius 2 is 1.53 bits per heavy atom. The van der Waals surface area contributed by atoms with Crippen molar-refractivity contribution in [1.29, 1.82) is 0 Å². The zero-order valence-electron chi connectivity index (χ0n) is 34.0. The van der Waals surface area contributed by atoms with Gasteiger partial charge in [0, 0.05) is 24.0 Å². The molecule has 5 rings (SSSR count). The van der Waals surface area contributed by atoms with Gasteiger partial charge in [-0.05, 0) is 99.4 Å². The van der Waals surface area contributed by atoms with E-state index in [0.717, 1.165) is 31.7 Å². The second-order valence-corrected chi connectivity index (χ2v) is 16.7. The number of phosphoric ester groups is 1. The lowest BCUT2D eigenvalue weighted by atomic mass is 9.83. The second kappa shape index (κ2) is 20.8. The number of halogens is 4. The molecule has 0 radical (unpaired) electrons. The third-order valence-electron chi connectivity index (χ3n) is 10.8. The van der Waals surface area contributed by atoms with Crippen LogP contribution in [0.15, 0.2) is 60.7 Å². The zero-order chi connectivity index (χ0) is 42.7. The SMILES string of the molecule is CCCCOP(=O)(OCCCC)OCOC(=O)N(c1ccc([C@H]2[C@@H](C(=O)Nc3ccc(C)c(C(F)(F)F)c3)CCCN2C(=O)c2c(C)cccc2F)cc1)C1CCCC1. The molecule has 1 saturated heterocycles. The third-order valence-corrected chi connectivity index (χ3v) is 12.2. The van der Waals surface area contributed by atoms with Crippen molar-refractivity contribution in [2.24, 2.45) is 5.92 Å². The van der Waals surface area contributed by atoms with Gasteiger partial charge in [-0.1, -0.05) is 69.9 Å². The fourth-order valence-corrected chi connectivity index (χ4v) is 8.73. The van der Waals surface area contributed by atoms with Crippen molar-refractivity contribution >= 4 is 37.1 Å². The summed E-state index contributed by atoms with van der Waals surface area (Å²) < 4.78 is 91.7. The molecule has 0 unspecified atom stereocenters. The van der Waals surface area contributed by atoms with Gasteiger partial charge in [0.15, 0.2) is 0 Å². The van der Waals surface area contributed by atoms with Crippen molar-refractivity contribution in [1.82, 2.24) is 4.90 Å². The average Bonchev–Trinajstić information content (AvgIpc) is 3.73. The van der Waals surface area contributed by atoms with Crippen molar-refractivity contribution < 1.29 is 54.8 Å². The Kier molecular flexibility index (Phi) is 16.1. The van der Waals surface area contributed by atoms with E-state index in [1.54, 1.807) is 37.3 Å². The molecule has 3 amide bonds. The predicted octanol–water partition coefficient (Wildman–Crippen LogP) is 11.3. The van der Waals surface area contributed by atoms with Crippen molar-refractivity contribution in [3.05, 3.63) is 94.3 Å². The van der Waals surface area contributed by atoms with Crippen molar-refractivity contribution in [2.45, 2.75) is 110 Å². The molecular weight excluding hydrogens is 793 g/mol. The molecule has 1 heterocycles. The molecule has 16 heteroatoms. The third kappa shape index (κ3) is 11.7. The highest BCUT2D eigenvalue weighted by Crippen LogP contribution is 2.50. The molecule has 322 valence electrons. The number of nitrogens with one attached hydrogen (secondary N) is 1. The van der Waals surface area contributed by atoms with E-state index in [1.807, 2.05) is 13.8 Å². The fourth-order valence-electron chi connectivity index (χ4n) is 7.62. The van der Waals surface area contributed by atoms with Gasteiger partial charge in [-0.2, -0.15) is 13.2 Å². The Morgan fingerprint density at radius 3 is 2.14 bits per heavy atom. The maximum Gasteiger partial charge on any atom is 0.477 e. The first-order chi connectivity index (χ1) is 28.2. The molecule has 2 fully saturated rings. The molecule has 59 heavy (non-hydrogen) atoms. The number of carbonyl (C=O) groups is 3. The molecule has 1 aliphatic heterocycles. The summed E-state index contributed by atoms with van der Waals surface area (Å²) >= 11 is 0. The zero-order valence-corrected chi connectivity index (χ0v) is 34.9. The van der Waals surface area contributed by atoms with Gasteiger partial charge in [0.05, 0.1) is 36.3 Å².